The topological polar surface area (TPSA) is 28.2 Å². The number of rotatable bonds is 4. The van der Waals surface area contributed by atoms with Gasteiger partial charge >= 0.3 is 0 Å². The van der Waals surface area contributed by atoms with Crippen LogP contribution in [-0.4, -0.2) is 22.0 Å². The number of hydrogen-bond donors (Lipinski definition) is 1. The quantitative estimate of drug-likeness (QED) is 0.931. The Morgan fingerprint density at radius 1 is 1.33 bits per heavy atom. The van der Waals surface area contributed by atoms with Crippen LogP contribution in [0.3, 0.4) is 0 Å². The monoisotopic (exact) mass is 321 g/mol. The van der Waals surface area contributed by atoms with Gasteiger partial charge in [0.15, 0.2) is 0 Å². The fraction of sp³-hybridized carbons (Fsp3) is 0.562. The Hall–Kier alpha value is -0.750. The number of thiophene rings is 1. The third-order valence-corrected chi connectivity index (χ3v) is 5.56. The minimum Gasteiger partial charge on any atom is -0.306 e. The zero-order chi connectivity index (χ0) is 14.9. The second-order valence-corrected chi connectivity index (χ2v) is 8.61. The van der Waals surface area contributed by atoms with E-state index in [1.54, 1.807) is 16.2 Å². The highest BCUT2D eigenvalue weighted by atomic mass is 32.1. The van der Waals surface area contributed by atoms with Gasteiger partial charge in [0, 0.05) is 42.0 Å². The van der Waals surface area contributed by atoms with Crippen LogP contribution in [0.2, 0.25) is 0 Å². The normalized spacial score (nSPS) is 16.1. The van der Waals surface area contributed by atoms with Gasteiger partial charge in [0.1, 0.15) is 5.01 Å². The second-order valence-electron chi connectivity index (χ2n) is 6.67. The van der Waals surface area contributed by atoms with Gasteiger partial charge in [-0.2, -0.15) is 0 Å². The van der Waals surface area contributed by atoms with Crippen LogP contribution >= 0.6 is 22.7 Å². The molecule has 0 amide bonds. The third kappa shape index (κ3) is 4.13. The molecule has 0 fully saturated rings. The van der Waals surface area contributed by atoms with Crippen molar-refractivity contribution < 1.29 is 0 Å². The first-order valence-electron chi connectivity index (χ1n) is 7.45. The average molecular weight is 322 g/mol. The standard InChI is InChI=1S/C16H23N3S2/c1-16(2,3)17-8-15-18-13(11-21-15)10-19-6-4-14-12(9-19)5-7-20-14/h5,7,11,17H,4,6,8-10H2,1-3H3. The Labute approximate surface area is 135 Å². The van der Waals surface area contributed by atoms with Gasteiger partial charge in [0.2, 0.25) is 0 Å². The minimum absolute atomic E-state index is 0.147. The molecule has 2 aromatic rings. The van der Waals surface area contributed by atoms with Gasteiger partial charge in [-0.3, -0.25) is 4.90 Å². The van der Waals surface area contributed by atoms with E-state index in [1.165, 1.54) is 22.7 Å². The fourth-order valence-corrected chi connectivity index (χ4v) is 4.13. The van der Waals surface area contributed by atoms with E-state index in [1.807, 2.05) is 11.3 Å². The van der Waals surface area contributed by atoms with E-state index in [0.29, 0.717) is 0 Å². The molecule has 1 N–H and O–H groups in total. The van der Waals surface area contributed by atoms with Crippen molar-refractivity contribution in [3.8, 4) is 0 Å². The van der Waals surface area contributed by atoms with Crippen molar-refractivity contribution in [3.05, 3.63) is 38.0 Å². The first-order valence-corrected chi connectivity index (χ1v) is 9.21. The van der Waals surface area contributed by atoms with E-state index in [2.05, 4.69) is 47.8 Å². The highest BCUT2D eigenvalue weighted by molar-refractivity contribution is 7.10. The first-order chi connectivity index (χ1) is 9.99. The average Bonchev–Trinajstić information content (AvgIpc) is 3.04. The molecule has 0 saturated carbocycles. The largest absolute Gasteiger partial charge is 0.306 e. The van der Waals surface area contributed by atoms with Crippen LogP contribution in [-0.2, 0) is 26.1 Å². The summed E-state index contributed by atoms with van der Waals surface area (Å²) in [6.45, 7) is 10.6. The van der Waals surface area contributed by atoms with Crippen LogP contribution in [0.15, 0.2) is 16.8 Å². The Bertz CT molecular complexity index is 595. The summed E-state index contributed by atoms with van der Waals surface area (Å²) in [5, 5.41) is 9.12. The molecule has 114 valence electrons. The van der Waals surface area contributed by atoms with E-state index in [-0.39, 0.29) is 5.54 Å². The smallest absolute Gasteiger partial charge is 0.107 e. The molecule has 2 aromatic heterocycles. The third-order valence-electron chi connectivity index (χ3n) is 3.64. The molecule has 0 radical (unpaired) electrons. The molecule has 21 heavy (non-hydrogen) atoms. The van der Waals surface area contributed by atoms with E-state index >= 15 is 0 Å². The van der Waals surface area contributed by atoms with Crippen LogP contribution < -0.4 is 5.32 Å². The molecule has 5 heteroatoms. The van der Waals surface area contributed by atoms with Gasteiger partial charge in [0.05, 0.1) is 5.69 Å². The lowest BCUT2D eigenvalue weighted by molar-refractivity contribution is 0.245. The number of hydrogen-bond acceptors (Lipinski definition) is 5. The van der Waals surface area contributed by atoms with Gasteiger partial charge in [-0.15, -0.1) is 22.7 Å². The molecule has 0 atom stereocenters. The summed E-state index contributed by atoms with van der Waals surface area (Å²) in [5.74, 6) is 0. The first kappa shape index (κ1) is 15.2. The molecule has 1 aliphatic heterocycles. The summed E-state index contributed by atoms with van der Waals surface area (Å²) in [5.41, 5.74) is 2.87. The Morgan fingerprint density at radius 2 is 2.19 bits per heavy atom. The lowest BCUT2D eigenvalue weighted by Gasteiger charge is -2.25. The molecule has 3 heterocycles. The number of nitrogens with one attached hydrogen (secondary N) is 1. The Balaban J connectivity index is 1.56. The Morgan fingerprint density at radius 3 is 3.00 bits per heavy atom. The molecule has 0 aromatic carbocycles. The van der Waals surface area contributed by atoms with Crippen molar-refractivity contribution in [1.82, 2.24) is 15.2 Å². The number of thiazole rings is 1. The van der Waals surface area contributed by atoms with Crippen molar-refractivity contribution in [2.75, 3.05) is 6.54 Å². The van der Waals surface area contributed by atoms with Crippen LogP contribution in [0.5, 0.6) is 0 Å². The number of aromatic nitrogens is 1. The molecule has 1 aliphatic rings. The molecular weight excluding hydrogens is 298 g/mol. The molecule has 0 unspecified atom stereocenters. The molecule has 3 nitrogen and oxygen atoms in total. The zero-order valence-electron chi connectivity index (χ0n) is 13.0. The molecule has 0 saturated heterocycles. The van der Waals surface area contributed by atoms with Crippen LogP contribution in [0.1, 0.15) is 41.9 Å². The lowest BCUT2D eigenvalue weighted by Crippen LogP contribution is -2.35. The van der Waals surface area contributed by atoms with Crippen molar-refractivity contribution >= 4 is 22.7 Å². The highest BCUT2D eigenvalue weighted by Crippen LogP contribution is 2.25. The van der Waals surface area contributed by atoms with Crippen LogP contribution in [0, 0.1) is 0 Å². The predicted octanol–water partition coefficient (Wildman–Crippen LogP) is 3.65. The van der Waals surface area contributed by atoms with Crippen LogP contribution in [0.25, 0.3) is 0 Å². The zero-order valence-corrected chi connectivity index (χ0v) is 14.6. The summed E-state index contributed by atoms with van der Waals surface area (Å²) in [6, 6.07) is 2.27. The molecular formula is C16H23N3S2. The van der Waals surface area contributed by atoms with E-state index in [9.17, 15) is 0 Å². The van der Waals surface area contributed by atoms with Crippen LogP contribution in [0.4, 0.5) is 0 Å². The van der Waals surface area contributed by atoms with Gasteiger partial charge in [-0.1, -0.05) is 0 Å². The lowest BCUT2D eigenvalue weighted by atomic mass is 10.1. The maximum atomic E-state index is 4.77. The van der Waals surface area contributed by atoms with E-state index in [4.69, 9.17) is 4.98 Å². The second kappa shape index (κ2) is 6.16. The Kier molecular flexibility index (Phi) is 4.45. The summed E-state index contributed by atoms with van der Waals surface area (Å²) in [7, 11) is 0. The SMILES string of the molecule is CC(C)(C)NCc1nc(CN2CCc3sccc3C2)cs1. The van der Waals surface area contributed by atoms with E-state index in [0.717, 1.165) is 26.2 Å². The number of fused-ring (bicyclic) bond motifs is 1. The molecule has 0 spiro atoms. The van der Waals surface area contributed by atoms with Crippen molar-refractivity contribution in [2.24, 2.45) is 0 Å². The minimum atomic E-state index is 0.147. The van der Waals surface area contributed by atoms with Crippen molar-refractivity contribution in [3.63, 3.8) is 0 Å². The summed E-state index contributed by atoms with van der Waals surface area (Å²) in [6.07, 6.45) is 1.19. The maximum absolute atomic E-state index is 4.77. The predicted molar refractivity (Wildman–Crippen MR) is 90.8 cm³/mol. The highest BCUT2D eigenvalue weighted by Gasteiger charge is 2.18. The summed E-state index contributed by atoms with van der Waals surface area (Å²) >= 11 is 3.67. The van der Waals surface area contributed by atoms with E-state index < -0.39 is 0 Å². The maximum Gasteiger partial charge on any atom is 0.107 e. The number of nitrogens with zero attached hydrogens (tertiary/aromatic N) is 2. The molecule has 3 rings (SSSR count). The fourth-order valence-electron chi connectivity index (χ4n) is 2.51. The van der Waals surface area contributed by atoms with Gasteiger partial charge < -0.3 is 5.32 Å². The van der Waals surface area contributed by atoms with Gasteiger partial charge in [0.25, 0.3) is 0 Å². The molecule has 0 aliphatic carbocycles. The van der Waals surface area contributed by atoms with Gasteiger partial charge in [-0.25, -0.2) is 4.98 Å². The van der Waals surface area contributed by atoms with Crippen molar-refractivity contribution in [2.45, 2.75) is 52.4 Å². The summed E-state index contributed by atoms with van der Waals surface area (Å²) in [4.78, 5) is 8.84. The molecule has 0 bridgehead atoms. The summed E-state index contributed by atoms with van der Waals surface area (Å²) < 4.78 is 0. The van der Waals surface area contributed by atoms with Gasteiger partial charge in [-0.05, 0) is 44.2 Å². The van der Waals surface area contributed by atoms with Crippen molar-refractivity contribution in [1.29, 1.82) is 0 Å².